The van der Waals surface area contributed by atoms with Crippen LogP contribution in [-0.4, -0.2) is 11.5 Å². The predicted octanol–water partition coefficient (Wildman–Crippen LogP) is 5.77. The monoisotopic (exact) mass is 354 g/mol. The zero-order valence-corrected chi connectivity index (χ0v) is 14.7. The van der Waals surface area contributed by atoms with E-state index < -0.39 is 0 Å². The van der Waals surface area contributed by atoms with Gasteiger partial charge in [0.05, 0.1) is 5.52 Å². The van der Waals surface area contributed by atoms with Crippen molar-refractivity contribution in [3.8, 4) is 0 Å². The average Bonchev–Trinajstić information content (AvgIpc) is 2.34. The van der Waals surface area contributed by atoms with Gasteiger partial charge >= 0.3 is 0 Å². The van der Waals surface area contributed by atoms with Crippen molar-refractivity contribution in [2.24, 2.45) is 0 Å². The van der Waals surface area contributed by atoms with Gasteiger partial charge in [-0.3, -0.25) is 0 Å². The van der Waals surface area contributed by atoms with E-state index in [1.165, 1.54) is 5.56 Å². The lowest BCUT2D eigenvalue weighted by Gasteiger charge is -2.23. The molecule has 0 unspecified atom stereocenters. The Morgan fingerprint density at radius 2 is 1.95 bits per heavy atom. The summed E-state index contributed by atoms with van der Waals surface area (Å²) >= 11 is 9.69. The standard InChI is InChI=1S/C16H20BrClN2/c1-5-6-19-15-12(16(2,3)4)8-10-7-11(18)9-13(17)14(10)20-15/h7-9H,5-6H2,1-4H3,(H,19,20). The van der Waals surface area contributed by atoms with Crippen molar-refractivity contribution < 1.29 is 0 Å². The number of nitrogens with zero attached hydrogens (tertiary/aromatic N) is 1. The van der Waals surface area contributed by atoms with Gasteiger partial charge in [0.2, 0.25) is 0 Å². The van der Waals surface area contributed by atoms with Crippen LogP contribution < -0.4 is 5.32 Å². The van der Waals surface area contributed by atoms with Crippen molar-refractivity contribution in [2.75, 3.05) is 11.9 Å². The van der Waals surface area contributed by atoms with E-state index in [4.69, 9.17) is 16.6 Å². The molecule has 1 aromatic heterocycles. The normalized spacial score (nSPS) is 11.9. The molecule has 0 radical (unpaired) electrons. The van der Waals surface area contributed by atoms with Crippen molar-refractivity contribution in [3.05, 3.63) is 33.3 Å². The van der Waals surface area contributed by atoms with Crippen LogP contribution in [-0.2, 0) is 5.41 Å². The number of fused-ring (bicyclic) bond motifs is 1. The van der Waals surface area contributed by atoms with E-state index in [-0.39, 0.29) is 5.41 Å². The molecule has 0 saturated heterocycles. The first-order chi connectivity index (χ1) is 9.32. The second-order valence-electron chi connectivity index (χ2n) is 6.02. The van der Waals surface area contributed by atoms with Gasteiger partial charge in [-0.05, 0) is 46.0 Å². The first kappa shape index (κ1) is 15.6. The molecule has 0 spiro atoms. The molecule has 4 heteroatoms. The third-order valence-electron chi connectivity index (χ3n) is 3.19. The first-order valence-corrected chi connectivity index (χ1v) is 8.04. The number of nitrogens with one attached hydrogen (secondary N) is 1. The third kappa shape index (κ3) is 3.26. The second-order valence-corrected chi connectivity index (χ2v) is 7.31. The largest absolute Gasteiger partial charge is 0.370 e. The van der Waals surface area contributed by atoms with Gasteiger partial charge in [-0.2, -0.15) is 0 Å². The number of anilines is 1. The molecule has 0 fully saturated rings. The van der Waals surface area contributed by atoms with Gasteiger partial charge in [0.1, 0.15) is 5.82 Å². The summed E-state index contributed by atoms with van der Waals surface area (Å²) in [4.78, 5) is 4.80. The minimum atomic E-state index is 0.0338. The Morgan fingerprint density at radius 1 is 1.25 bits per heavy atom. The van der Waals surface area contributed by atoms with Gasteiger partial charge in [-0.1, -0.05) is 39.3 Å². The Bertz CT molecular complexity index is 632. The maximum Gasteiger partial charge on any atom is 0.130 e. The molecule has 0 bridgehead atoms. The highest BCUT2D eigenvalue weighted by Crippen LogP contribution is 2.34. The summed E-state index contributed by atoms with van der Waals surface area (Å²) in [5, 5.41) is 5.23. The van der Waals surface area contributed by atoms with E-state index in [1.807, 2.05) is 12.1 Å². The number of hydrogen-bond acceptors (Lipinski definition) is 2. The summed E-state index contributed by atoms with van der Waals surface area (Å²) in [5.41, 5.74) is 2.19. The summed E-state index contributed by atoms with van der Waals surface area (Å²) in [7, 11) is 0. The Morgan fingerprint density at radius 3 is 2.55 bits per heavy atom. The van der Waals surface area contributed by atoms with Gasteiger partial charge in [-0.25, -0.2) is 4.98 Å². The lowest BCUT2D eigenvalue weighted by molar-refractivity contribution is 0.590. The van der Waals surface area contributed by atoms with E-state index in [2.05, 4.69) is 55.0 Å². The quantitative estimate of drug-likeness (QED) is 0.756. The van der Waals surface area contributed by atoms with Gasteiger partial charge in [0, 0.05) is 27.0 Å². The van der Waals surface area contributed by atoms with Crippen LogP contribution in [0.15, 0.2) is 22.7 Å². The van der Waals surface area contributed by atoms with Crippen molar-refractivity contribution >= 4 is 44.3 Å². The van der Waals surface area contributed by atoms with Gasteiger partial charge in [-0.15, -0.1) is 0 Å². The van der Waals surface area contributed by atoms with Crippen LogP contribution >= 0.6 is 27.5 Å². The van der Waals surface area contributed by atoms with Crippen LogP contribution in [0.25, 0.3) is 10.9 Å². The van der Waals surface area contributed by atoms with Crippen molar-refractivity contribution in [2.45, 2.75) is 39.5 Å². The number of aromatic nitrogens is 1. The molecular formula is C16H20BrClN2. The molecule has 0 aliphatic heterocycles. The zero-order chi connectivity index (χ0) is 14.9. The molecule has 1 heterocycles. The molecule has 2 aromatic rings. The lowest BCUT2D eigenvalue weighted by atomic mass is 9.86. The number of halogens is 2. The molecule has 0 aliphatic carbocycles. The van der Waals surface area contributed by atoms with Crippen molar-refractivity contribution in [1.82, 2.24) is 4.98 Å². The molecule has 1 aromatic carbocycles. The molecule has 0 saturated carbocycles. The Kier molecular flexibility index (Phi) is 4.60. The molecule has 1 N–H and O–H groups in total. The molecule has 2 rings (SSSR count). The van der Waals surface area contributed by atoms with E-state index in [0.717, 1.165) is 39.2 Å². The number of rotatable bonds is 3. The molecular weight excluding hydrogens is 336 g/mol. The zero-order valence-electron chi connectivity index (χ0n) is 12.3. The van der Waals surface area contributed by atoms with Crippen LogP contribution in [0.2, 0.25) is 5.02 Å². The summed E-state index contributed by atoms with van der Waals surface area (Å²) in [6.07, 6.45) is 1.07. The minimum Gasteiger partial charge on any atom is -0.370 e. The minimum absolute atomic E-state index is 0.0338. The highest BCUT2D eigenvalue weighted by Gasteiger charge is 2.20. The van der Waals surface area contributed by atoms with Crippen LogP contribution in [0.1, 0.15) is 39.7 Å². The first-order valence-electron chi connectivity index (χ1n) is 6.87. The fourth-order valence-corrected chi connectivity index (χ4v) is 3.08. The number of hydrogen-bond donors (Lipinski definition) is 1. The highest BCUT2D eigenvalue weighted by molar-refractivity contribution is 9.10. The molecule has 0 atom stereocenters. The van der Waals surface area contributed by atoms with Crippen LogP contribution in [0, 0.1) is 0 Å². The molecule has 108 valence electrons. The average molecular weight is 356 g/mol. The summed E-state index contributed by atoms with van der Waals surface area (Å²) in [6.45, 7) is 9.68. The lowest BCUT2D eigenvalue weighted by Crippen LogP contribution is -2.16. The van der Waals surface area contributed by atoms with Gasteiger partial charge < -0.3 is 5.32 Å². The Balaban J connectivity index is 2.68. The van der Waals surface area contributed by atoms with Gasteiger partial charge in [0.15, 0.2) is 0 Å². The van der Waals surface area contributed by atoms with Crippen molar-refractivity contribution in [3.63, 3.8) is 0 Å². The van der Waals surface area contributed by atoms with E-state index >= 15 is 0 Å². The summed E-state index contributed by atoms with van der Waals surface area (Å²) < 4.78 is 0.931. The predicted molar refractivity (Wildman–Crippen MR) is 91.9 cm³/mol. The molecule has 2 nitrogen and oxygen atoms in total. The number of benzene rings is 1. The van der Waals surface area contributed by atoms with Crippen molar-refractivity contribution in [1.29, 1.82) is 0 Å². The van der Waals surface area contributed by atoms with Crippen LogP contribution in [0.4, 0.5) is 5.82 Å². The maximum atomic E-state index is 6.14. The summed E-state index contributed by atoms with van der Waals surface area (Å²) in [6, 6.07) is 6.04. The summed E-state index contributed by atoms with van der Waals surface area (Å²) in [5.74, 6) is 0.967. The van der Waals surface area contributed by atoms with E-state index in [9.17, 15) is 0 Å². The third-order valence-corrected chi connectivity index (χ3v) is 4.01. The Labute approximate surface area is 134 Å². The Hall–Kier alpha value is -0.800. The maximum absolute atomic E-state index is 6.14. The molecule has 20 heavy (non-hydrogen) atoms. The SMILES string of the molecule is CCCNc1nc2c(Br)cc(Cl)cc2cc1C(C)(C)C. The molecule has 0 aliphatic rings. The topological polar surface area (TPSA) is 24.9 Å². The highest BCUT2D eigenvalue weighted by atomic mass is 79.9. The smallest absolute Gasteiger partial charge is 0.130 e. The van der Waals surface area contributed by atoms with Crippen LogP contribution in [0.3, 0.4) is 0 Å². The molecule has 0 amide bonds. The van der Waals surface area contributed by atoms with E-state index in [1.54, 1.807) is 0 Å². The fourth-order valence-electron chi connectivity index (χ4n) is 2.16. The number of pyridine rings is 1. The van der Waals surface area contributed by atoms with E-state index in [0.29, 0.717) is 0 Å². The second kappa shape index (κ2) is 5.90. The van der Waals surface area contributed by atoms with Crippen LogP contribution in [0.5, 0.6) is 0 Å². The van der Waals surface area contributed by atoms with Gasteiger partial charge in [0.25, 0.3) is 0 Å². The fraction of sp³-hybridized carbons (Fsp3) is 0.438.